The van der Waals surface area contributed by atoms with Gasteiger partial charge in [-0.3, -0.25) is 0 Å². The lowest BCUT2D eigenvalue weighted by Crippen LogP contribution is -2.01. The summed E-state index contributed by atoms with van der Waals surface area (Å²) in [5, 5.41) is 0. The number of alkyl halides is 2. The number of hydrogen-bond acceptors (Lipinski definition) is 2. The van der Waals surface area contributed by atoms with Crippen molar-refractivity contribution in [2.24, 2.45) is 0 Å². The van der Waals surface area contributed by atoms with E-state index in [1.165, 1.54) is 30.3 Å². The Hall–Kier alpha value is -2.17. The average molecular weight is 254 g/mol. The maximum atomic E-state index is 13.3. The van der Waals surface area contributed by atoms with Gasteiger partial charge in [0.25, 0.3) is 0 Å². The molecule has 0 aliphatic carbocycles. The summed E-state index contributed by atoms with van der Waals surface area (Å²) in [6.07, 6.45) is 0. The van der Waals surface area contributed by atoms with Crippen molar-refractivity contribution in [1.82, 2.24) is 0 Å². The zero-order chi connectivity index (χ0) is 14.0. The summed E-state index contributed by atoms with van der Waals surface area (Å²) in [5.74, 6) is -0.760. The van der Waals surface area contributed by atoms with Gasteiger partial charge >= 0.3 is 6.59 Å². The van der Waals surface area contributed by atoms with Crippen LogP contribution in [0.5, 0.6) is 5.75 Å². The molecular formula is C13H10F3NO. The Bertz CT molecular complexity index is 599. The SMILES string of the molecule is [2H]C(F)(F)Oc1cccc(-c2ccc(N)c(F)c2)c1. The van der Waals surface area contributed by atoms with E-state index >= 15 is 0 Å². The van der Waals surface area contributed by atoms with Crippen LogP contribution < -0.4 is 10.5 Å². The predicted molar refractivity (Wildman–Crippen MR) is 62.9 cm³/mol. The molecule has 18 heavy (non-hydrogen) atoms. The molecular weight excluding hydrogens is 243 g/mol. The van der Waals surface area contributed by atoms with Crippen molar-refractivity contribution < 1.29 is 19.3 Å². The number of rotatable bonds is 3. The third kappa shape index (κ3) is 2.74. The first-order chi connectivity index (χ1) is 8.85. The second kappa shape index (κ2) is 5.00. The van der Waals surface area contributed by atoms with E-state index < -0.39 is 12.4 Å². The highest BCUT2D eigenvalue weighted by atomic mass is 19.3. The molecule has 0 bridgehead atoms. The minimum absolute atomic E-state index is 0.00819. The number of halogens is 3. The van der Waals surface area contributed by atoms with Crippen LogP contribution in [-0.2, 0) is 0 Å². The van der Waals surface area contributed by atoms with Gasteiger partial charge in [-0.2, -0.15) is 8.78 Å². The molecule has 0 aromatic heterocycles. The first-order valence-corrected chi connectivity index (χ1v) is 5.07. The highest BCUT2D eigenvalue weighted by molar-refractivity contribution is 5.67. The first-order valence-electron chi connectivity index (χ1n) is 5.57. The molecule has 0 fully saturated rings. The quantitative estimate of drug-likeness (QED) is 0.848. The van der Waals surface area contributed by atoms with Crippen LogP contribution in [0.15, 0.2) is 42.5 Å². The van der Waals surface area contributed by atoms with E-state index in [1.54, 1.807) is 12.1 Å². The van der Waals surface area contributed by atoms with Crippen LogP contribution in [0.3, 0.4) is 0 Å². The van der Waals surface area contributed by atoms with Crippen LogP contribution in [0.1, 0.15) is 1.37 Å². The van der Waals surface area contributed by atoms with Gasteiger partial charge in [0.05, 0.1) is 5.69 Å². The number of benzene rings is 2. The van der Waals surface area contributed by atoms with Crippen LogP contribution in [-0.4, -0.2) is 6.59 Å². The molecule has 0 saturated carbocycles. The van der Waals surface area contributed by atoms with Crippen molar-refractivity contribution in [3.63, 3.8) is 0 Å². The zero-order valence-corrected chi connectivity index (χ0v) is 9.16. The van der Waals surface area contributed by atoms with E-state index in [1.807, 2.05) is 0 Å². The van der Waals surface area contributed by atoms with Crippen LogP contribution in [0.4, 0.5) is 18.9 Å². The monoisotopic (exact) mass is 254 g/mol. The molecule has 2 N–H and O–H groups in total. The van der Waals surface area contributed by atoms with Gasteiger partial charge in [0.2, 0.25) is 0 Å². The third-order valence-corrected chi connectivity index (χ3v) is 2.36. The fraction of sp³-hybridized carbons (Fsp3) is 0.0769. The van der Waals surface area contributed by atoms with Crippen molar-refractivity contribution in [2.45, 2.75) is 6.59 Å². The van der Waals surface area contributed by atoms with Gasteiger partial charge in [0.1, 0.15) is 11.6 Å². The molecule has 0 spiro atoms. The summed E-state index contributed by atoms with van der Waals surface area (Å²) in [6.45, 7) is -4.01. The minimum Gasteiger partial charge on any atom is -0.435 e. The van der Waals surface area contributed by atoms with Crippen molar-refractivity contribution >= 4 is 5.69 Å². The van der Waals surface area contributed by atoms with Gasteiger partial charge in [-0.15, -0.1) is 0 Å². The van der Waals surface area contributed by atoms with Gasteiger partial charge in [-0.25, -0.2) is 4.39 Å². The summed E-state index contributed by atoms with van der Waals surface area (Å²) in [7, 11) is 0. The van der Waals surface area contributed by atoms with E-state index in [9.17, 15) is 13.2 Å². The van der Waals surface area contributed by atoms with Crippen molar-refractivity contribution in [1.29, 1.82) is 0 Å². The highest BCUT2D eigenvalue weighted by Gasteiger charge is 2.07. The van der Waals surface area contributed by atoms with Crippen molar-refractivity contribution in [3.8, 4) is 16.9 Å². The number of hydrogen-bond donors (Lipinski definition) is 1. The summed E-state index contributed by atoms with van der Waals surface area (Å²) in [5.41, 5.74) is 6.33. The molecule has 0 aliphatic rings. The topological polar surface area (TPSA) is 35.2 Å². The van der Waals surface area contributed by atoms with Gasteiger partial charge in [0, 0.05) is 0 Å². The minimum atomic E-state index is -4.01. The average Bonchev–Trinajstić information content (AvgIpc) is 2.31. The Morgan fingerprint density at radius 1 is 1.11 bits per heavy atom. The van der Waals surface area contributed by atoms with Crippen LogP contribution in [0, 0.1) is 5.82 Å². The van der Waals surface area contributed by atoms with Gasteiger partial charge in [0.15, 0.2) is 1.37 Å². The molecule has 0 aliphatic heterocycles. The summed E-state index contributed by atoms with van der Waals surface area (Å²) >= 11 is 0. The van der Waals surface area contributed by atoms with Gasteiger partial charge < -0.3 is 10.5 Å². The lowest BCUT2D eigenvalue weighted by molar-refractivity contribution is -0.0498. The molecule has 0 atom stereocenters. The molecule has 5 heteroatoms. The van der Waals surface area contributed by atoms with E-state index in [2.05, 4.69) is 4.74 Å². The van der Waals surface area contributed by atoms with Crippen molar-refractivity contribution in [3.05, 3.63) is 48.3 Å². The fourth-order valence-electron chi connectivity index (χ4n) is 1.53. The van der Waals surface area contributed by atoms with Gasteiger partial charge in [-0.1, -0.05) is 18.2 Å². The number of nitrogen functional groups attached to an aromatic ring is 1. The van der Waals surface area contributed by atoms with E-state index in [-0.39, 0.29) is 11.4 Å². The molecule has 2 aromatic carbocycles. The summed E-state index contributed by atoms with van der Waals surface area (Å²) < 4.78 is 48.7. The largest absolute Gasteiger partial charge is 0.435 e. The van der Waals surface area contributed by atoms with Crippen LogP contribution in [0.2, 0.25) is 0 Å². The number of anilines is 1. The second-order valence-corrected chi connectivity index (χ2v) is 3.59. The third-order valence-electron chi connectivity index (χ3n) is 2.36. The Morgan fingerprint density at radius 2 is 1.83 bits per heavy atom. The zero-order valence-electron chi connectivity index (χ0n) is 10.2. The lowest BCUT2D eigenvalue weighted by Gasteiger charge is -2.07. The highest BCUT2D eigenvalue weighted by Crippen LogP contribution is 2.26. The normalized spacial score (nSPS) is 12.1. The maximum Gasteiger partial charge on any atom is 0.387 e. The Balaban J connectivity index is 2.35. The standard InChI is InChI=1S/C13H10F3NO/c14-11-7-9(4-5-12(11)17)8-2-1-3-10(6-8)18-13(15)16/h1-7,13H,17H2/i13D. The van der Waals surface area contributed by atoms with Crippen LogP contribution in [0.25, 0.3) is 11.1 Å². The number of nitrogens with two attached hydrogens (primary N) is 1. The fourth-order valence-corrected chi connectivity index (χ4v) is 1.53. The summed E-state index contributed by atoms with van der Waals surface area (Å²) in [6, 6.07) is 9.83. The Morgan fingerprint density at radius 3 is 2.50 bits per heavy atom. The molecule has 0 radical (unpaired) electrons. The Labute approximate surface area is 103 Å². The lowest BCUT2D eigenvalue weighted by atomic mass is 10.0. The smallest absolute Gasteiger partial charge is 0.387 e. The predicted octanol–water partition coefficient (Wildman–Crippen LogP) is 3.68. The Kier molecular flexibility index (Phi) is 3.04. The van der Waals surface area contributed by atoms with E-state index in [0.717, 1.165) is 0 Å². The molecule has 2 rings (SSSR count). The first kappa shape index (κ1) is 11.0. The van der Waals surface area contributed by atoms with E-state index in [4.69, 9.17) is 7.10 Å². The van der Waals surface area contributed by atoms with Gasteiger partial charge in [-0.05, 0) is 35.4 Å². The number of ether oxygens (including phenoxy) is 1. The van der Waals surface area contributed by atoms with Crippen LogP contribution >= 0.6 is 0 Å². The molecule has 94 valence electrons. The molecule has 0 heterocycles. The van der Waals surface area contributed by atoms with E-state index in [0.29, 0.717) is 11.1 Å². The summed E-state index contributed by atoms with van der Waals surface area (Å²) in [4.78, 5) is 0. The molecule has 2 nitrogen and oxygen atoms in total. The molecule has 0 unspecified atom stereocenters. The molecule has 0 amide bonds. The van der Waals surface area contributed by atoms with Crippen molar-refractivity contribution in [2.75, 3.05) is 5.73 Å². The molecule has 2 aromatic rings. The maximum absolute atomic E-state index is 13.3. The second-order valence-electron chi connectivity index (χ2n) is 3.59. The molecule has 0 saturated heterocycles.